The van der Waals surface area contributed by atoms with Gasteiger partial charge in [0, 0.05) is 34.4 Å². The molecule has 1 N–H and O–H groups in total. The van der Waals surface area contributed by atoms with Crippen molar-refractivity contribution in [3.63, 3.8) is 0 Å². The number of nitrogens with one attached hydrogen (secondary N) is 1. The lowest BCUT2D eigenvalue weighted by molar-refractivity contribution is -0.384. The molecule has 0 unspecified atom stereocenters. The summed E-state index contributed by atoms with van der Waals surface area (Å²) < 4.78 is 0. The molecule has 1 spiro atoms. The van der Waals surface area contributed by atoms with Crippen molar-refractivity contribution in [2.75, 3.05) is 16.8 Å². The average molecular weight is 467 g/mol. The molecule has 0 aliphatic carbocycles. The van der Waals surface area contributed by atoms with E-state index >= 15 is 0 Å². The largest absolute Gasteiger partial charge is 0.324 e. The Hall–Kier alpha value is -3.30. The summed E-state index contributed by atoms with van der Waals surface area (Å²) in [5, 5.41) is 14.4. The number of amides is 3. The minimum atomic E-state index is -1.31. The Morgan fingerprint density at radius 2 is 1.88 bits per heavy atom. The van der Waals surface area contributed by atoms with Gasteiger partial charge >= 0.3 is 0 Å². The number of nitro groups is 1. The number of aryl methyl sites for hydroxylation is 1. The standard InChI is InChI=1S/C23H19ClN4O5/c1-11-9-12(24)10-15-19(11)25-22(31)23(15)18-17(16-3-2-8-26(16)23)20(29)27(21(18)30)13-4-6-14(7-5-13)28(32)33/h4-7,9-10,16-18H,2-3,8H2,1H3,(H,25,31)/t16-,17-,18-,23+/m1/s1. The van der Waals surface area contributed by atoms with E-state index in [0.29, 0.717) is 29.2 Å². The van der Waals surface area contributed by atoms with E-state index in [9.17, 15) is 24.5 Å². The number of benzene rings is 2. The fourth-order valence-electron chi connectivity index (χ4n) is 6.41. The fourth-order valence-corrected chi connectivity index (χ4v) is 6.69. The molecule has 168 valence electrons. The Morgan fingerprint density at radius 1 is 1.15 bits per heavy atom. The van der Waals surface area contributed by atoms with Crippen LogP contribution in [0.4, 0.5) is 17.1 Å². The molecule has 4 aliphatic heterocycles. The molecule has 10 heteroatoms. The van der Waals surface area contributed by atoms with Crippen LogP contribution in [0.1, 0.15) is 24.0 Å². The van der Waals surface area contributed by atoms with Gasteiger partial charge in [-0.3, -0.25) is 29.4 Å². The predicted octanol–water partition coefficient (Wildman–Crippen LogP) is 2.99. The molecule has 6 rings (SSSR count). The van der Waals surface area contributed by atoms with Crippen molar-refractivity contribution in [1.29, 1.82) is 0 Å². The van der Waals surface area contributed by atoms with E-state index in [1.807, 2.05) is 11.8 Å². The highest BCUT2D eigenvalue weighted by atomic mass is 35.5. The molecule has 3 saturated heterocycles. The highest BCUT2D eigenvalue weighted by Crippen LogP contribution is 2.61. The molecule has 2 aromatic rings. The van der Waals surface area contributed by atoms with Crippen molar-refractivity contribution in [1.82, 2.24) is 4.90 Å². The first-order valence-electron chi connectivity index (χ1n) is 10.8. The topological polar surface area (TPSA) is 113 Å². The summed E-state index contributed by atoms with van der Waals surface area (Å²) in [6.07, 6.45) is 1.52. The molecule has 0 aromatic heterocycles. The number of carbonyl (C=O) groups excluding carboxylic acids is 3. The number of fused-ring (bicyclic) bond motifs is 7. The molecule has 3 amide bonds. The van der Waals surface area contributed by atoms with Gasteiger partial charge in [-0.25, -0.2) is 4.90 Å². The number of rotatable bonds is 2. The van der Waals surface area contributed by atoms with E-state index in [1.54, 1.807) is 12.1 Å². The van der Waals surface area contributed by atoms with Crippen LogP contribution in [0.3, 0.4) is 0 Å². The van der Waals surface area contributed by atoms with Crippen LogP contribution in [0.15, 0.2) is 36.4 Å². The first kappa shape index (κ1) is 20.3. The number of hydrogen-bond donors (Lipinski definition) is 1. The first-order valence-corrected chi connectivity index (χ1v) is 11.2. The SMILES string of the molecule is Cc1cc(Cl)cc2c1NC(=O)[C@@]21[C@H]2C(=O)N(c3ccc([N+](=O)[O-])cc3)C(=O)[C@@H]2[C@H]2CCCN21. The van der Waals surface area contributed by atoms with Gasteiger partial charge < -0.3 is 5.32 Å². The third-order valence-corrected chi connectivity index (χ3v) is 7.80. The van der Waals surface area contributed by atoms with Crippen molar-refractivity contribution in [2.24, 2.45) is 11.8 Å². The van der Waals surface area contributed by atoms with Gasteiger partial charge in [0.15, 0.2) is 0 Å². The molecular formula is C23H19ClN4O5. The Morgan fingerprint density at radius 3 is 2.58 bits per heavy atom. The van der Waals surface area contributed by atoms with Gasteiger partial charge in [0.2, 0.25) is 17.7 Å². The van der Waals surface area contributed by atoms with Gasteiger partial charge in [0.05, 0.1) is 22.4 Å². The van der Waals surface area contributed by atoms with Gasteiger partial charge in [-0.15, -0.1) is 0 Å². The number of hydrogen-bond acceptors (Lipinski definition) is 6. The molecular weight excluding hydrogens is 448 g/mol. The quantitative estimate of drug-likeness (QED) is 0.413. The Kier molecular flexibility index (Phi) is 4.07. The zero-order valence-electron chi connectivity index (χ0n) is 17.6. The monoisotopic (exact) mass is 466 g/mol. The van der Waals surface area contributed by atoms with Crippen molar-refractivity contribution in [3.05, 3.63) is 62.7 Å². The van der Waals surface area contributed by atoms with Crippen molar-refractivity contribution in [3.8, 4) is 0 Å². The number of carbonyl (C=O) groups is 3. The van der Waals surface area contributed by atoms with Crippen LogP contribution in [0, 0.1) is 28.9 Å². The van der Waals surface area contributed by atoms with Crippen molar-refractivity contribution in [2.45, 2.75) is 31.3 Å². The van der Waals surface area contributed by atoms with Crippen LogP contribution in [-0.2, 0) is 19.9 Å². The molecule has 4 heterocycles. The van der Waals surface area contributed by atoms with Crippen molar-refractivity contribution < 1.29 is 19.3 Å². The molecule has 33 heavy (non-hydrogen) atoms. The third kappa shape index (κ3) is 2.38. The molecule has 3 fully saturated rings. The average Bonchev–Trinajstić information content (AvgIpc) is 3.47. The number of nitrogens with zero attached hydrogens (tertiary/aromatic N) is 3. The Bertz CT molecular complexity index is 1280. The van der Waals surface area contributed by atoms with Gasteiger partial charge in [0.1, 0.15) is 5.54 Å². The highest BCUT2D eigenvalue weighted by molar-refractivity contribution is 6.31. The lowest BCUT2D eigenvalue weighted by atomic mass is 9.75. The zero-order chi connectivity index (χ0) is 23.2. The molecule has 4 atom stereocenters. The van der Waals surface area contributed by atoms with Crippen LogP contribution in [0.25, 0.3) is 0 Å². The van der Waals surface area contributed by atoms with E-state index in [2.05, 4.69) is 5.32 Å². The maximum Gasteiger partial charge on any atom is 0.269 e. The van der Waals surface area contributed by atoms with E-state index < -0.39 is 28.2 Å². The molecule has 9 nitrogen and oxygen atoms in total. The van der Waals surface area contributed by atoms with Crippen LogP contribution in [0.2, 0.25) is 5.02 Å². The minimum absolute atomic E-state index is 0.134. The van der Waals surface area contributed by atoms with E-state index in [1.165, 1.54) is 24.3 Å². The molecule has 0 radical (unpaired) electrons. The minimum Gasteiger partial charge on any atom is -0.324 e. The lowest BCUT2D eigenvalue weighted by Crippen LogP contribution is -2.54. The van der Waals surface area contributed by atoms with Crippen LogP contribution < -0.4 is 10.2 Å². The van der Waals surface area contributed by atoms with Crippen LogP contribution in [0.5, 0.6) is 0 Å². The molecule has 0 bridgehead atoms. The molecule has 4 aliphatic rings. The van der Waals surface area contributed by atoms with Gasteiger partial charge in [-0.1, -0.05) is 11.6 Å². The van der Waals surface area contributed by atoms with E-state index in [0.717, 1.165) is 16.9 Å². The summed E-state index contributed by atoms with van der Waals surface area (Å²) in [5.41, 5.74) is 0.912. The van der Waals surface area contributed by atoms with Crippen LogP contribution in [-0.4, -0.2) is 40.1 Å². The Balaban J connectivity index is 1.53. The second kappa shape index (κ2) is 6.61. The summed E-state index contributed by atoms with van der Waals surface area (Å²) in [7, 11) is 0. The second-order valence-corrected chi connectivity index (χ2v) is 9.49. The summed E-state index contributed by atoms with van der Waals surface area (Å²) in [5.74, 6) is -2.72. The predicted molar refractivity (Wildman–Crippen MR) is 119 cm³/mol. The summed E-state index contributed by atoms with van der Waals surface area (Å²) >= 11 is 6.38. The fraction of sp³-hybridized carbons (Fsp3) is 0.348. The van der Waals surface area contributed by atoms with Crippen molar-refractivity contribution >= 4 is 46.4 Å². The maximum atomic E-state index is 13.9. The molecule has 0 saturated carbocycles. The number of imide groups is 1. The number of nitro benzene ring substituents is 1. The highest BCUT2D eigenvalue weighted by Gasteiger charge is 2.74. The van der Waals surface area contributed by atoms with E-state index in [-0.39, 0.29) is 29.2 Å². The third-order valence-electron chi connectivity index (χ3n) is 7.58. The second-order valence-electron chi connectivity index (χ2n) is 9.06. The summed E-state index contributed by atoms with van der Waals surface area (Å²) in [6, 6.07) is 8.58. The molecule has 2 aromatic carbocycles. The maximum absolute atomic E-state index is 13.9. The lowest BCUT2D eigenvalue weighted by Gasteiger charge is -2.36. The summed E-state index contributed by atoms with van der Waals surface area (Å²) in [6.45, 7) is 2.46. The Labute approximate surface area is 193 Å². The van der Waals surface area contributed by atoms with Gasteiger partial charge in [0.25, 0.3) is 5.69 Å². The smallest absolute Gasteiger partial charge is 0.269 e. The van der Waals surface area contributed by atoms with Gasteiger partial charge in [-0.2, -0.15) is 0 Å². The summed E-state index contributed by atoms with van der Waals surface area (Å²) in [4.78, 5) is 54.8. The van der Waals surface area contributed by atoms with E-state index in [4.69, 9.17) is 11.6 Å². The zero-order valence-corrected chi connectivity index (χ0v) is 18.3. The van der Waals surface area contributed by atoms with Crippen LogP contribution >= 0.6 is 11.6 Å². The first-order chi connectivity index (χ1) is 15.8. The number of halogens is 1. The number of anilines is 2. The number of non-ortho nitro benzene ring substituents is 1. The van der Waals surface area contributed by atoms with Gasteiger partial charge in [-0.05, 0) is 56.1 Å². The normalized spacial score (nSPS) is 30.1.